The van der Waals surface area contributed by atoms with Gasteiger partial charge in [0.1, 0.15) is 5.60 Å². The Bertz CT molecular complexity index is 488. The molecule has 0 aliphatic carbocycles. The second kappa shape index (κ2) is 8.29. The number of carbonyl (C=O) groups is 1. The van der Waals surface area contributed by atoms with Gasteiger partial charge in [-0.15, -0.1) is 0 Å². The Morgan fingerprint density at radius 1 is 1.22 bits per heavy atom. The molecule has 1 amide bonds. The van der Waals surface area contributed by atoms with E-state index >= 15 is 0 Å². The standard InChI is InChI=1S/C18H31N3O2/c1-7-18(8-2,21-16(22)23-17(4,5)6)13-19-12-15-10-9-14(3)11-20-15/h9-11,19H,7-8,12-13H2,1-6H3,(H,21,22). The van der Waals surface area contributed by atoms with Crippen molar-refractivity contribution in [3.63, 3.8) is 0 Å². The number of aryl methyl sites for hydroxylation is 1. The summed E-state index contributed by atoms with van der Waals surface area (Å²) < 4.78 is 5.38. The predicted octanol–water partition coefficient (Wildman–Crippen LogP) is 3.56. The van der Waals surface area contributed by atoms with E-state index in [0.717, 1.165) is 24.1 Å². The number of rotatable bonds is 7. The van der Waals surface area contributed by atoms with Crippen LogP contribution in [0.5, 0.6) is 0 Å². The molecule has 0 radical (unpaired) electrons. The molecule has 0 spiro atoms. The molecule has 5 nitrogen and oxygen atoms in total. The summed E-state index contributed by atoms with van der Waals surface area (Å²) in [6.45, 7) is 13.1. The van der Waals surface area contributed by atoms with Crippen LogP contribution < -0.4 is 10.6 Å². The summed E-state index contributed by atoms with van der Waals surface area (Å²) in [5.74, 6) is 0. The Morgan fingerprint density at radius 2 is 1.87 bits per heavy atom. The molecule has 0 bridgehead atoms. The van der Waals surface area contributed by atoms with Crippen LogP contribution in [-0.2, 0) is 11.3 Å². The van der Waals surface area contributed by atoms with E-state index in [2.05, 4.69) is 35.5 Å². The molecule has 0 atom stereocenters. The summed E-state index contributed by atoms with van der Waals surface area (Å²) in [7, 11) is 0. The zero-order valence-electron chi connectivity index (χ0n) is 15.3. The van der Waals surface area contributed by atoms with Gasteiger partial charge in [0, 0.05) is 19.3 Å². The summed E-state index contributed by atoms with van der Waals surface area (Å²) in [4.78, 5) is 16.5. The number of hydrogen-bond donors (Lipinski definition) is 2. The second-order valence-electron chi connectivity index (χ2n) is 7.04. The third-order valence-electron chi connectivity index (χ3n) is 3.86. The lowest BCUT2D eigenvalue weighted by atomic mass is 9.93. The van der Waals surface area contributed by atoms with Crippen molar-refractivity contribution in [1.29, 1.82) is 0 Å². The monoisotopic (exact) mass is 321 g/mol. The lowest BCUT2D eigenvalue weighted by molar-refractivity contribution is 0.0446. The van der Waals surface area contributed by atoms with E-state index in [0.29, 0.717) is 13.1 Å². The van der Waals surface area contributed by atoms with Crippen molar-refractivity contribution in [2.45, 2.75) is 72.1 Å². The van der Waals surface area contributed by atoms with Gasteiger partial charge in [-0.1, -0.05) is 19.9 Å². The van der Waals surface area contributed by atoms with Crippen LogP contribution in [0, 0.1) is 6.92 Å². The van der Waals surface area contributed by atoms with Crippen molar-refractivity contribution in [3.05, 3.63) is 29.6 Å². The number of amides is 1. The highest BCUT2D eigenvalue weighted by atomic mass is 16.6. The second-order valence-corrected chi connectivity index (χ2v) is 7.04. The molecular formula is C18H31N3O2. The fraction of sp³-hybridized carbons (Fsp3) is 0.667. The van der Waals surface area contributed by atoms with Gasteiger partial charge in [0.15, 0.2) is 0 Å². The molecular weight excluding hydrogens is 290 g/mol. The zero-order chi connectivity index (χ0) is 17.5. The lowest BCUT2D eigenvalue weighted by Crippen LogP contribution is -2.55. The van der Waals surface area contributed by atoms with Crippen LogP contribution >= 0.6 is 0 Å². The van der Waals surface area contributed by atoms with Crippen LogP contribution in [-0.4, -0.2) is 28.8 Å². The maximum atomic E-state index is 12.1. The number of carbonyl (C=O) groups excluding carboxylic acids is 1. The van der Waals surface area contributed by atoms with E-state index in [1.807, 2.05) is 40.0 Å². The molecule has 1 rings (SSSR count). The maximum absolute atomic E-state index is 12.1. The summed E-state index contributed by atoms with van der Waals surface area (Å²) in [5.41, 5.74) is 1.34. The number of nitrogens with zero attached hydrogens (tertiary/aromatic N) is 1. The van der Waals surface area contributed by atoms with Crippen molar-refractivity contribution in [1.82, 2.24) is 15.6 Å². The van der Waals surface area contributed by atoms with E-state index in [-0.39, 0.29) is 11.6 Å². The number of ether oxygens (including phenoxy) is 1. The van der Waals surface area contributed by atoms with Gasteiger partial charge in [-0.25, -0.2) is 4.79 Å². The Morgan fingerprint density at radius 3 is 2.35 bits per heavy atom. The number of nitrogens with one attached hydrogen (secondary N) is 2. The highest BCUT2D eigenvalue weighted by molar-refractivity contribution is 5.68. The van der Waals surface area contributed by atoms with Crippen LogP contribution in [0.1, 0.15) is 58.7 Å². The number of aromatic nitrogens is 1. The Labute approximate surface area is 140 Å². The smallest absolute Gasteiger partial charge is 0.408 e. The van der Waals surface area contributed by atoms with Gasteiger partial charge in [0.05, 0.1) is 11.2 Å². The van der Waals surface area contributed by atoms with Crippen molar-refractivity contribution in [2.75, 3.05) is 6.54 Å². The van der Waals surface area contributed by atoms with Crippen LogP contribution in [0.3, 0.4) is 0 Å². The Kier molecular flexibility index (Phi) is 7.01. The first-order chi connectivity index (χ1) is 10.7. The molecule has 0 unspecified atom stereocenters. The van der Waals surface area contributed by atoms with E-state index in [1.165, 1.54) is 0 Å². The third-order valence-corrected chi connectivity index (χ3v) is 3.86. The highest BCUT2D eigenvalue weighted by Crippen LogP contribution is 2.16. The van der Waals surface area contributed by atoms with Crippen molar-refractivity contribution < 1.29 is 9.53 Å². The molecule has 5 heteroatoms. The molecule has 1 heterocycles. The first-order valence-electron chi connectivity index (χ1n) is 8.33. The minimum Gasteiger partial charge on any atom is -0.444 e. The molecule has 0 aliphatic rings. The van der Waals surface area contributed by atoms with E-state index in [4.69, 9.17) is 4.74 Å². The minimum absolute atomic E-state index is 0.312. The molecule has 0 aromatic carbocycles. The first-order valence-corrected chi connectivity index (χ1v) is 8.33. The van der Waals surface area contributed by atoms with Crippen LogP contribution in [0.15, 0.2) is 18.3 Å². The molecule has 0 saturated heterocycles. The van der Waals surface area contributed by atoms with Gasteiger partial charge < -0.3 is 15.4 Å². The van der Waals surface area contributed by atoms with Gasteiger partial charge in [-0.3, -0.25) is 4.98 Å². The average molecular weight is 321 g/mol. The van der Waals surface area contributed by atoms with Crippen LogP contribution in [0.4, 0.5) is 4.79 Å². The number of alkyl carbamates (subject to hydrolysis) is 1. The normalized spacial score (nSPS) is 12.1. The fourth-order valence-electron chi connectivity index (χ4n) is 2.27. The topological polar surface area (TPSA) is 63.2 Å². The van der Waals surface area contributed by atoms with Gasteiger partial charge >= 0.3 is 6.09 Å². The van der Waals surface area contributed by atoms with Gasteiger partial charge in [-0.05, 0) is 52.2 Å². The number of hydrogen-bond acceptors (Lipinski definition) is 4. The average Bonchev–Trinajstić information content (AvgIpc) is 2.46. The van der Waals surface area contributed by atoms with Crippen molar-refractivity contribution >= 4 is 6.09 Å². The van der Waals surface area contributed by atoms with Gasteiger partial charge in [-0.2, -0.15) is 0 Å². The van der Waals surface area contributed by atoms with Crippen molar-refractivity contribution in [2.24, 2.45) is 0 Å². The zero-order valence-corrected chi connectivity index (χ0v) is 15.3. The van der Waals surface area contributed by atoms with Crippen LogP contribution in [0.25, 0.3) is 0 Å². The van der Waals surface area contributed by atoms with Gasteiger partial charge in [0.2, 0.25) is 0 Å². The minimum atomic E-state index is -0.490. The summed E-state index contributed by atoms with van der Waals surface area (Å²) in [5, 5.41) is 6.44. The lowest BCUT2D eigenvalue weighted by Gasteiger charge is -2.34. The summed E-state index contributed by atoms with van der Waals surface area (Å²) >= 11 is 0. The molecule has 23 heavy (non-hydrogen) atoms. The first kappa shape index (κ1) is 19.4. The molecule has 1 aromatic heterocycles. The largest absolute Gasteiger partial charge is 0.444 e. The fourth-order valence-corrected chi connectivity index (χ4v) is 2.27. The number of pyridine rings is 1. The van der Waals surface area contributed by atoms with E-state index in [9.17, 15) is 4.79 Å². The van der Waals surface area contributed by atoms with E-state index < -0.39 is 5.60 Å². The Hall–Kier alpha value is -1.62. The van der Waals surface area contributed by atoms with Crippen LogP contribution in [0.2, 0.25) is 0 Å². The molecule has 0 fully saturated rings. The summed E-state index contributed by atoms with van der Waals surface area (Å²) in [6.07, 6.45) is 3.16. The SMILES string of the molecule is CCC(CC)(CNCc1ccc(C)cn1)NC(=O)OC(C)(C)C. The van der Waals surface area contributed by atoms with E-state index in [1.54, 1.807) is 0 Å². The third kappa shape index (κ3) is 6.99. The molecule has 130 valence electrons. The quantitative estimate of drug-likeness (QED) is 0.806. The van der Waals surface area contributed by atoms with Crippen molar-refractivity contribution in [3.8, 4) is 0 Å². The maximum Gasteiger partial charge on any atom is 0.408 e. The highest BCUT2D eigenvalue weighted by Gasteiger charge is 2.30. The Balaban J connectivity index is 2.58. The molecule has 2 N–H and O–H groups in total. The molecule has 0 saturated carbocycles. The molecule has 1 aromatic rings. The summed E-state index contributed by atoms with van der Waals surface area (Å²) in [6, 6.07) is 4.07. The molecule has 0 aliphatic heterocycles. The predicted molar refractivity (Wildman–Crippen MR) is 93.4 cm³/mol. The van der Waals surface area contributed by atoms with Gasteiger partial charge in [0.25, 0.3) is 0 Å².